The molecule has 0 aromatic carbocycles. The summed E-state index contributed by atoms with van der Waals surface area (Å²) >= 11 is 0. The molecule has 0 amide bonds. The summed E-state index contributed by atoms with van der Waals surface area (Å²) < 4.78 is 15.0. The zero-order chi connectivity index (χ0) is 15.7. The molecule has 10 nitrogen and oxygen atoms in total. The summed E-state index contributed by atoms with van der Waals surface area (Å²) in [6, 6.07) is 0. The molecular formula is C11H20O10. The van der Waals surface area contributed by atoms with Crippen molar-refractivity contribution in [1.82, 2.24) is 0 Å². The molecule has 0 aromatic heterocycles. The Morgan fingerprint density at radius 3 is 2.14 bits per heavy atom. The molecule has 0 unspecified atom stereocenters. The van der Waals surface area contributed by atoms with Gasteiger partial charge in [0, 0.05) is 0 Å². The maximum atomic E-state index is 9.70. The van der Waals surface area contributed by atoms with Crippen LogP contribution in [0.25, 0.3) is 0 Å². The van der Waals surface area contributed by atoms with E-state index >= 15 is 0 Å². The van der Waals surface area contributed by atoms with E-state index < -0.39 is 55.3 Å². The molecule has 21 heavy (non-hydrogen) atoms. The zero-order valence-corrected chi connectivity index (χ0v) is 11.0. The summed E-state index contributed by atoms with van der Waals surface area (Å²) in [7, 11) is 0. The van der Waals surface area contributed by atoms with Crippen molar-refractivity contribution in [3.8, 4) is 0 Å². The van der Waals surface area contributed by atoms with Crippen molar-refractivity contribution in [2.45, 2.75) is 55.3 Å². The monoisotopic (exact) mass is 312 g/mol. The fraction of sp³-hybridized carbons (Fsp3) is 1.00. The molecule has 0 bridgehead atoms. The fourth-order valence-electron chi connectivity index (χ4n) is 2.18. The largest absolute Gasteiger partial charge is 0.388 e. The Balaban J connectivity index is 1.88. The van der Waals surface area contributed by atoms with Crippen molar-refractivity contribution in [3.63, 3.8) is 0 Å². The van der Waals surface area contributed by atoms with Crippen molar-refractivity contribution in [3.05, 3.63) is 0 Å². The average molecular weight is 312 g/mol. The molecule has 9 atom stereocenters. The van der Waals surface area contributed by atoms with E-state index in [1.54, 1.807) is 0 Å². The maximum Gasteiger partial charge on any atom is 0.186 e. The minimum atomic E-state index is -1.69. The van der Waals surface area contributed by atoms with Crippen molar-refractivity contribution < 1.29 is 50.0 Å². The van der Waals surface area contributed by atoms with Crippen LogP contribution in [0.1, 0.15) is 0 Å². The molecule has 2 saturated heterocycles. The lowest BCUT2D eigenvalue weighted by atomic mass is 9.99. The molecular weight excluding hydrogens is 292 g/mol. The predicted octanol–water partition coefficient (Wildman–Crippen LogP) is -4.76. The lowest BCUT2D eigenvalue weighted by molar-refractivity contribution is -0.312. The standard InChI is InChI=1S/C11H20O10/c12-3-1-19-11(9(17)5(3)13)20-2-4-6(14)7(15)8(16)10(18)21-4/h3-18H,1-2H2/t3-,4+,5-,6+,7-,8+,9+,10+,11-/m0/s1. The summed E-state index contributed by atoms with van der Waals surface area (Å²) in [5, 5.41) is 66.2. The fourth-order valence-corrected chi connectivity index (χ4v) is 2.18. The van der Waals surface area contributed by atoms with Gasteiger partial charge in [0.05, 0.1) is 13.2 Å². The van der Waals surface area contributed by atoms with E-state index in [0.29, 0.717) is 0 Å². The molecule has 10 heteroatoms. The summed E-state index contributed by atoms with van der Waals surface area (Å²) in [5.41, 5.74) is 0. The van der Waals surface area contributed by atoms with Crippen LogP contribution >= 0.6 is 0 Å². The number of aliphatic hydroxyl groups excluding tert-OH is 7. The third-order valence-corrected chi connectivity index (χ3v) is 3.57. The van der Waals surface area contributed by atoms with Crippen LogP contribution in [-0.2, 0) is 14.2 Å². The van der Waals surface area contributed by atoms with Crippen LogP contribution in [0.4, 0.5) is 0 Å². The molecule has 0 aromatic rings. The average Bonchev–Trinajstić information content (AvgIpc) is 2.46. The smallest absolute Gasteiger partial charge is 0.186 e. The van der Waals surface area contributed by atoms with Gasteiger partial charge < -0.3 is 50.0 Å². The molecule has 0 radical (unpaired) electrons. The Morgan fingerprint density at radius 1 is 0.810 bits per heavy atom. The van der Waals surface area contributed by atoms with Crippen LogP contribution in [0.2, 0.25) is 0 Å². The number of hydrogen-bond acceptors (Lipinski definition) is 10. The van der Waals surface area contributed by atoms with E-state index in [9.17, 15) is 35.7 Å². The van der Waals surface area contributed by atoms with Crippen LogP contribution in [0.3, 0.4) is 0 Å². The quantitative estimate of drug-likeness (QED) is 0.268. The molecule has 0 spiro atoms. The van der Waals surface area contributed by atoms with Gasteiger partial charge in [0.25, 0.3) is 0 Å². The van der Waals surface area contributed by atoms with Gasteiger partial charge in [-0.3, -0.25) is 0 Å². The van der Waals surface area contributed by atoms with Crippen LogP contribution in [0.5, 0.6) is 0 Å². The Labute approximate surface area is 119 Å². The highest BCUT2D eigenvalue weighted by Gasteiger charge is 2.44. The van der Waals surface area contributed by atoms with Gasteiger partial charge in [0.15, 0.2) is 12.6 Å². The van der Waals surface area contributed by atoms with Crippen LogP contribution in [0.15, 0.2) is 0 Å². The minimum absolute atomic E-state index is 0.249. The minimum Gasteiger partial charge on any atom is -0.388 e. The first-order valence-corrected chi connectivity index (χ1v) is 6.48. The summed E-state index contributed by atoms with van der Waals surface area (Å²) in [6.45, 7) is -0.631. The summed E-state index contributed by atoms with van der Waals surface area (Å²) in [5.74, 6) is 0. The van der Waals surface area contributed by atoms with Crippen LogP contribution < -0.4 is 0 Å². The van der Waals surface area contributed by atoms with E-state index in [1.165, 1.54) is 0 Å². The first-order chi connectivity index (χ1) is 9.82. The second-order valence-electron chi connectivity index (χ2n) is 5.12. The SMILES string of the molecule is O[C@@H]1[C@@H](O)[C@H](O)O[C@H](CO[C@@H]2OC[C@H](O)[C@H](O)[C@H]2O)[C@H]1O. The van der Waals surface area contributed by atoms with Crippen LogP contribution in [0, 0.1) is 0 Å². The number of ether oxygens (including phenoxy) is 3. The lowest BCUT2D eigenvalue weighted by Crippen LogP contribution is -2.59. The maximum absolute atomic E-state index is 9.70. The van der Waals surface area contributed by atoms with Crippen molar-refractivity contribution >= 4 is 0 Å². The Kier molecular flexibility index (Phi) is 5.48. The third-order valence-electron chi connectivity index (χ3n) is 3.57. The molecule has 2 aliphatic heterocycles. The molecule has 124 valence electrons. The van der Waals surface area contributed by atoms with E-state index in [0.717, 1.165) is 0 Å². The van der Waals surface area contributed by atoms with Gasteiger partial charge in [0.1, 0.15) is 42.7 Å². The van der Waals surface area contributed by atoms with Gasteiger partial charge in [-0.2, -0.15) is 0 Å². The van der Waals surface area contributed by atoms with E-state index in [4.69, 9.17) is 14.2 Å². The molecule has 2 aliphatic rings. The molecule has 0 saturated carbocycles. The first kappa shape index (κ1) is 17.0. The highest BCUT2D eigenvalue weighted by Crippen LogP contribution is 2.22. The number of rotatable bonds is 3. The third kappa shape index (κ3) is 3.51. The number of aliphatic hydroxyl groups is 7. The zero-order valence-electron chi connectivity index (χ0n) is 11.0. The molecule has 2 fully saturated rings. The first-order valence-electron chi connectivity index (χ1n) is 6.48. The topological polar surface area (TPSA) is 169 Å². The Bertz CT molecular complexity index is 341. The molecule has 2 heterocycles. The highest BCUT2D eigenvalue weighted by molar-refractivity contribution is 4.89. The molecule has 7 N–H and O–H groups in total. The van der Waals surface area contributed by atoms with Gasteiger partial charge in [0.2, 0.25) is 0 Å². The van der Waals surface area contributed by atoms with Gasteiger partial charge in [-0.05, 0) is 0 Å². The van der Waals surface area contributed by atoms with Gasteiger partial charge in [-0.1, -0.05) is 0 Å². The van der Waals surface area contributed by atoms with E-state index in [2.05, 4.69) is 0 Å². The lowest BCUT2D eigenvalue weighted by Gasteiger charge is -2.40. The normalized spacial score (nSPS) is 51.9. The Hall–Kier alpha value is -0.400. The van der Waals surface area contributed by atoms with Gasteiger partial charge >= 0.3 is 0 Å². The van der Waals surface area contributed by atoms with E-state index in [-0.39, 0.29) is 13.2 Å². The Morgan fingerprint density at radius 2 is 1.48 bits per heavy atom. The molecule has 0 aliphatic carbocycles. The van der Waals surface area contributed by atoms with Crippen molar-refractivity contribution in [2.24, 2.45) is 0 Å². The molecule has 2 rings (SSSR count). The van der Waals surface area contributed by atoms with E-state index in [1.807, 2.05) is 0 Å². The number of hydrogen-bond donors (Lipinski definition) is 7. The van der Waals surface area contributed by atoms with Gasteiger partial charge in [-0.15, -0.1) is 0 Å². The van der Waals surface area contributed by atoms with Gasteiger partial charge in [-0.25, -0.2) is 0 Å². The van der Waals surface area contributed by atoms with Crippen molar-refractivity contribution in [2.75, 3.05) is 13.2 Å². The van der Waals surface area contributed by atoms with Crippen LogP contribution in [-0.4, -0.2) is 104 Å². The summed E-state index contributed by atoms with van der Waals surface area (Å²) in [4.78, 5) is 0. The summed E-state index contributed by atoms with van der Waals surface area (Å²) in [6.07, 6.45) is -13.1. The van der Waals surface area contributed by atoms with Crippen molar-refractivity contribution in [1.29, 1.82) is 0 Å². The highest BCUT2D eigenvalue weighted by atomic mass is 16.7. The predicted molar refractivity (Wildman–Crippen MR) is 62.6 cm³/mol. The second kappa shape index (κ2) is 6.79. The second-order valence-corrected chi connectivity index (χ2v) is 5.12.